The summed E-state index contributed by atoms with van der Waals surface area (Å²) in [5.41, 5.74) is -1.31. The Morgan fingerprint density at radius 2 is 1.80 bits per heavy atom. The van der Waals surface area contributed by atoms with E-state index >= 15 is 0 Å². The minimum atomic E-state index is -4.88. The normalized spacial score (nSPS) is 12.9. The highest BCUT2D eigenvalue weighted by molar-refractivity contribution is 7.89. The molecule has 6 nitrogen and oxygen atoms in total. The van der Waals surface area contributed by atoms with Gasteiger partial charge in [-0.1, -0.05) is 11.6 Å². The third-order valence-electron chi connectivity index (χ3n) is 3.59. The molecule has 1 N–H and O–H groups in total. The van der Waals surface area contributed by atoms with Crippen molar-refractivity contribution in [3.05, 3.63) is 52.9 Å². The molecular formula is C16H13ClF6N2O4S. The Hall–Kier alpha value is -2.25. The zero-order valence-corrected chi connectivity index (χ0v) is 16.3. The maximum absolute atomic E-state index is 13.0. The first-order chi connectivity index (χ1) is 13.7. The second kappa shape index (κ2) is 8.86. The van der Waals surface area contributed by atoms with Gasteiger partial charge in [-0.25, -0.2) is 8.42 Å². The Morgan fingerprint density at radius 1 is 1.13 bits per heavy atom. The van der Waals surface area contributed by atoms with Crippen molar-refractivity contribution in [1.82, 2.24) is 9.62 Å². The maximum atomic E-state index is 13.0. The van der Waals surface area contributed by atoms with Crippen LogP contribution in [0.5, 0.6) is 0 Å². The lowest BCUT2D eigenvalue weighted by molar-refractivity contribution is -0.138. The van der Waals surface area contributed by atoms with Gasteiger partial charge in [0.15, 0.2) is 0 Å². The average Bonchev–Trinajstić information content (AvgIpc) is 3.11. The molecule has 0 radical (unpaired) electrons. The molecule has 0 unspecified atom stereocenters. The van der Waals surface area contributed by atoms with Crippen molar-refractivity contribution in [2.45, 2.75) is 23.8 Å². The highest BCUT2D eigenvalue weighted by Crippen LogP contribution is 2.34. The number of hydrogen-bond donors (Lipinski definition) is 1. The van der Waals surface area contributed by atoms with Crippen LogP contribution in [-0.2, 0) is 27.5 Å². The molecule has 0 aliphatic heterocycles. The summed E-state index contributed by atoms with van der Waals surface area (Å²) >= 11 is 5.77. The van der Waals surface area contributed by atoms with Gasteiger partial charge in [0.05, 0.1) is 29.9 Å². The van der Waals surface area contributed by atoms with Gasteiger partial charge in [0, 0.05) is 0 Å². The molecule has 0 aliphatic rings. The van der Waals surface area contributed by atoms with Crippen LogP contribution in [0.3, 0.4) is 0 Å². The molecule has 2 rings (SSSR count). The van der Waals surface area contributed by atoms with Gasteiger partial charge in [-0.2, -0.15) is 30.6 Å². The molecule has 1 aromatic carbocycles. The lowest BCUT2D eigenvalue weighted by Crippen LogP contribution is -2.43. The van der Waals surface area contributed by atoms with Crippen molar-refractivity contribution in [1.29, 1.82) is 0 Å². The van der Waals surface area contributed by atoms with Crippen LogP contribution >= 0.6 is 11.6 Å². The van der Waals surface area contributed by atoms with Crippen LogP contribution in [0.2, 0.25) is 5.02 Å². The SMILES string of the molecule is O=C(CN(Cc1ccco1)S(=O)(=O)c1cc(C(F)(F)F)ccc1Cl)NCC(F)(F)F. The molecular weight excluding hydrogens is 466 g/mol. The van der Waals surface area contributed by atoms with Crippen LogP contribution in [0, 0.1) is 0 Å². The zero-order chi connectivity index (χ0) is 22.7. The van der Waals surface area contributed by atoms with Gasteiger partial charge in [-0.15, -0.1) is 0 Å². The molecule has 0 fully saturated rings. The number of carbonyl (C=O) groups is 1. The molecule has 0 spiro atoms. The standard InChI is InChI=1S/C16H13ClF6N2O4S/c17-12-4-3-10(16(21,22)23)6-13(12)30(27,28)25(7-11-2-1-5-29-11)8-14(26)24-9-15(18,19)20/h1-6H,7-9H2,(H,24,26). The first-order valence-electron chi connectivity index (χ1n) is 7.93. The second-order valence-corrected chi connectivity index (χ2v) is 8.20. The number of halogens is 7. The molecule has 2 aromatic rings. The number of amides is 1. The van der Waals surface area contributed by atoms with Gasteiger partial charge in [-0.05, 0) is 30.3 Å². The smallest absolute Gasteiger partial charge is 0.416 e. The van der Waals surface area contributed by atoms with Crippen LogP contribution in [0.4, 0.5) is 26.3 Å². The van der Waals surface area contributed by atoms with Gasteiger partial charge in [0.25, 0.3) is 0 Å². The van der Waals surface area contributed by atoms with E-state index in [2.05, 4.69) is 0 Å². The number of alkyl halides is 6. The molecule has 14 heteroatoms. The number of nitrogens with zero attached hydrogens (tertiary/aromatic N) is 1. The highest BCUT2D eigenvalue weighted by atomic mass is 35.5. The van der Waals surface area contributed by atoms with Gasteiger partial charge >= 0.3 is 12.4 Å². The van der Waals surface area contributed by atoms with Gasteiger partial charge in [0.2, 0.25) is 15.9 Å². The summed E-state index contributed by atoms with van der Waals surface area (Å²) in [4.78, 5) is 10.9. The van der Waals surface area contributed by atoms with Crippen molar-refractivity contribution in [3.63, 3.8) is 0 Å². The van der Waals surface area contributed by atoms with Crippen LogP contribution in [0.1, 0.15) is 11.3 Å². The molecule has 0 bridgehead atoms. The predicted molar refractivity (Wildman–Crippen MR) is 91.8 cm³/mol. The number of hydrogen-bond acceptors (Lipinski definition) is 4. The summed E-state index contributed by atoms with van der Waals surface area (Å²) in [6.45, 7) is -3.47. The van der Waals surface area contributed by atoms with Crippen molar-refractivity contribution in [3.8, 4) is 0 Å². The van der Waals surface area contributed by atoms with E-state index in [0.717, 1.165) is 0 Å². The van der Waals surface area contributed by atoms with Crippen molar-refractivity contribution < 1.29 is 44.0 Å². The highest BCUT2D eigenvalue weighted by Gasteiger charge is 2.36. The minimum absolute atomic E-state index is 0.00899. The van der Waals surface area contributed by atoms with Crippen molar-refractivity contribution >= 4 is 27.5 Å². The molecule has 1 heterocycles. The van der Waals surface area contributed by atoms with Crippen molar-refractivity contribution in [2.24, 2.45) is 0 Å². The van der Waals surface area contributed by atoms with E-state index in [-0.39, 0.29) is 11.8 Å². The Morgan fingerprint density at radius 3 is 2.33 bits per heavy atom. The summed E-state index contributed by atoms with van der Waals surface area (Å²) < 4.78 is 107. The first kappa shape index (κ1) is 24.0. The maximum Gasteiger partial charge on any atom is 0.416 e. The summed E-state index contributed by atoms with van der Waals surface area (Å²) in [7, 11) is -4.84. The summed E-state index contributed by atoms with van der Waals surface area (Å²) in [5, 5.41) is 0.926. The number of benzene rings is 1. The predicted octanol–water partition coefficient (Wildman–Crippen LogP) is 3.82. The van der Waals surface area contributed by atoms with Crippen LogP contribution in [0.25, 0.3) is 0 Å². The van der Waals surface area contributed by atoms with Crippen LogP contribution in [-0.4, -0.2) is 37.9 Å². The summed E-state index contributed by atoms with van der Waals surface area (Å²) in [5.74, 6) is -1.34. The zero-order valence-electron chi connectivity index (χ0n) is 14.7. The number of furan rings is 1. The lowest BCUT2D eigenvalue weighted by Gasteiger charge is -2.22. The Labute approximate surface area is 171 Å². The minimum Gasteiger partial charge on any atom is -0.468 e. The van der Waals surface area contributed by atoms with Crippen LogP contribution < -0.4 is 5.32 Å². The molecule has 1 aromatic heterocycles. The molecule has 166 valence electrons. The van der Waals surface area contributed by atoms with Gasteiger partial charge < -0.3 is 9.73 Å². The van der Waals surface area contributed by atoms with E-state index < -0.39 is 63.4 Å². The number of sulfonamides is 1. The Bertz CT molecular complexity index is 990. The van der Waals surface area contributed by atoms with Gasteiger partial charge in [-0.3, -0.25) is 4.79 Å². The monoisotopic (exact) mass is 478 g/mol. The first-order valence-corrected chi connectivity index (χ1v) is 9.74. The third kappa shape index (κ3) is 6.37. The molecule has 30 heavy (non-hydrogen) atoms. The second-order valence-electron chi connectivity index (χ2n) is 5.89. The average molecular weight is 479 g/mol. The van der Waals surface area contributed by atoms with Gasteiger partial charge in [0.1, 0.15) is 17.2 Å². The number of carbonyl (C=O) groups excluding carboxylic acids is 1. The quantitative estimate of drug-likeness (QED) is 0.614. The summed E-state index contributed by atoms with van der Waals surface area (Å²) in [6, 6.07) is 4.24. The van der Waals surface area contributed by atoms with E-state index in [1.165, 1.54) is 23.7 Å². The fourth-order valence-electron chi connectivity index (χ4n) is 2.23. The van der Waals surface area contributed by atoms with E-state index in [1.807, 2.05) is 0 Å². The van der Waals surface area contributed by atoms with E-state index in [0.29, 0.717) is 16.4 Å². The Balaban J connectivity index is 2.40. The molecule has 1 amide bonds. The van der Waals surface area contributed by atoms with Crippen molar-refractivity contribution in [2.75, 3.05) is 13.1 Å². The topological polar surface area (TPSA) is 79.6 Å². The fraction of sp³-hybridized carbons (Fsp3) is 0.312. The molecule has 0 atom stereocenters. The number of rotatable bonds is 7. The largest absolute Gasteiger partial charge is 0.468 e. The molecule has 0 saturated carbocycles. The summed E-state index contributed by atoms with van der Waals surface area (Å²) in [6.07, 6.45) is -8.46. The number of nitrogens with one attached hydrogen (secondary N) is 1. The van der Waals surface area contributed by atoms with E-state index in [4.69, 9.17) is 16.0 Å². The molecule has 0 saturated heterocycles. The lowest BCUT2D eigenvalue weighted by atomic mass is 10.2. The van der Waals surface area contributed by atoms with Crippen LogP contribution in [0.15, 0.2) is 45.9 Å². The Kier molecular flexibility index (Phi) is 7.09. The van der Waals surface area contributed by atoms with E-state index in [1.54, 1.807) is 0 Å². The van der Waals surface area contributed by atoms with E-state index in [9.17, 15) is 39.6 Å². The molecule has 0 aliphatic carbocycles. The third-order valence-corrected chi connectivity index (χ3v) is 5.87. The fourth-order valence-corrected chi connectivity index (χ4v) is 4.10.